The van der Waals surface area contributed by atoms with Crippen molar-refractivity contribution in [1.82, 2.24) is 14.1 Å². The molecule has 0 N–H and O–H groups in total. The van der Waals surface area contributed by atoms with Crippen LogP contribution in [-0.2, 0) is 26.2 Å². The molecule has 0 aromatic carbocycles. The minimum absolute atomic E-state index is 0.826. The quantitative estimate of drug-likeness (QED) is 0.572. The molecule has 0 saturated carbocycles. The Bertz CT molecular complexity index is 709. The van der Waals surface area contributed by atoms with Gasteiger partial charge in [-0.05, 0) is 25.0 Å². The lowest BCUT2D eigenvalue weighted by Crippen LogP contribution is -2.34. The van der Waals surface area contributed by atoms with E-state index in [1.807, 2.05) is 0 Å². The number of imidazole rings is 2. The second-order valence-corrected chi connectivity index (χ2v) is 5.97. The third kappa shape index (κ3) is 2.93. The number of rotatable bonds is 0. The molecule has 0 atom stereocenters. The molecule has 0 radical (unpaired) electrons. The Kier molecular flexibility index (Phi) is 3.46. The van der Waals surface area contributed by atoms with E-state index in [2.05, 4.69) is 73.9 Å². The highest BCUT2D eigenvalue weighted by Crippen LogP contribution is 2.02. The maximum absolute atomic E-state index is 4.79. The molecular weight excluding hydrogens is 274 g/mol. The smallest absolute Gasteiger partial charge is 0.244 e. The molecule has 4 heterocycles. The van der Waals surface area contributed by atoms with Crippen LogP contribution in [-0.4, -0.2) is 14.1 Å². The van der Waals surface area contributed by atoms with E-state index >= 15 is 0 Å². The van der Waals surface area contributed by atoms with Gasteiger partial charge in [0.1, 0.15) is 37.9 Å². The van der Waals surface area contributed by atoms with Gasteiger partial charge >= 0.3 is 0 Å². The fourth-order valence-electron chi connectivity index (χ4n) is 3.00. The van der Waals surface area contributed by atoms with Gasteiger partial charge in [-0.3, -0.25) is 0 Å². The molecule has 1 aliphatic rings. The van der Waals surface area contributed by atoms with Gasteiger partial charge in [0.05, 0.1) is 24.5 Å². The van der Waals surface area contributed by atoms with Crippen LogP contribution < -0.4 is 9.13 Å². The Morgan fingerprint density at radius 2 is 1.36 bits per heavy atom. The van der Waals surface area contributed by atoms with Crippen molar-refractivity contribution >= 4 is 0 Å². The molecule has 5 heteroatoms. The summed E-state index contributed by atoms with van der Waals surface area (Å²) in [6.45, 7) is 3.79. The average molecular weight is 295 g/mol. The zero-order valence-corrected chi connectivity index (χ0v) is 12.7. The van der Waals surface area contributed by atoms with E-state index in [1.165, 1.54) is 12.8 Å². The monoisotopic (exact) mass is 295 g/mol. The van der Waals surface area contributed by atoms with Gasteiger partial charge in [0.15, 0.2) is 0 Å². The van der Waals surface area contributed by atoms with Gasteiger partial charge in [-0.25, -0.2) is 23.3 Å². The van der Waals surface area contributed by atoms with Crippen molar-refractivity contribution in [2.45, 2.75) is 39.0 Å². The zero-order chi connectivity index (χ0) is 14.8. The van der Waals surface area contributed by atoms with Crippen LogP contribution in [0.2, 0.25) is 0 Å². The number of fused-ring (bicyclic) bond motifs is 6. The first-order chi connectivity index (χ1) is 10.8. The van der Waals surface area contributed by atoms with Crippen molar-refractivity contribution in [3.8, 4) is 0 Å². The zero-order valence-electron chi connectivity index (χ0n) is 12.7. The predicted molar refractivity (Wildman–Crippen MR) is 80.9 cm³/mol. The van der Waals surface area contributed by atoms with Gasteiger partial charge in [-0.2, -0.15) is 0 Å². The maximum atomic E-state index is 4.79. The van der Waals surface area contributed by atoms with E-state index in [4.69, 9.17) is 4.98 Å². The minimum Gasteiger partial charge on any atom is -0.250 e. The van der Waals surface area contributed by atoms with Gasteiger partial charge in [-0.1, -0.05) is 6.07 Å². The number of hydrogen-bond acceptors (Lipinski definition) is 1. The second kappa shape index (κ2) is 5.75. The first-order valence-electron chi connectivity index (χ1n) is 7.90. The highest BCUT2D eigenvalue weighted by atomic mass is 15.1. The van der Waals surface area contributed by atoms with Gasteiger partial charge < -0.3 is 0 Å². The Labute approximate surface area is 130 Å². The summed E-state index contributed by atoms with van der Waals surface area (Å²) in [6.07, 6.45) is 15.3. The van der Waals surface area contributed by atoms with E-state index in [1.54, 1.807) is 0 Å². The van der Waals surface area contributed by atoms with Gasteiger partial charge in [0.25, 0.3) is 0 Å². The summed E-state index contributed by atoms with van der Waals surface area (Å²) >= 11 is 0. The lowest BCUT2D eigenvalue weighted by atomic mass is 10.3. The molecule has 22 heavy (non-hydrogen) atoms. The standard InChI is InChI=1S/C17H21N5/c1-2-7-20-9-11-22(15-20)13-17-5-3-4-16(18-17)12-21-10-8-19(6-1)14-21/h3-5,8-11,14-15H,1-2,6-7,12-13H2/q+2. The number of pyridine rings is 1. The summed E-state index contributed by atoms with van der Waals surface area (Å²) < 4.78 is 8.93. The van der Waals surface area contributed by atoms with E-state index in [9.17, 15) is 0 Å². The Hall–Kier alpha value is -2.43. The molecule has 4 rings (SSSR count). The SMILES string of the molecule is c1cc2nc(c1)C[n+]1ccn(c1)CCCCn1cc[n+](c1)C2. The largest absolute Gasteiger partial charge is 0.250 e. The first kappa shape index (κ1) is 13.2. The average Bonchev–Trinajstić information content (AvgIpc) is 3.13. The van der Waals surface area contributed by atoms with Crippen molar-refractivity contribution < 1.29 is 9.13 Å². The molecule has 5 nitrogen and oxygen atoms in total. The maximum Gasteiger partial charge on any atom is 0.244 e. The van der Waals surface area contributed by atoms with Gasteiger partial charge in [0, 0.05) is 0 Å². The molecule has 0 unspecified atom stereocenters. The van der Waals surface area contributed by atoms with Crippen LogP contribution in [0.5, 0.6) is 0 Å². The number of aromatic nitrogens is 5. The second-order valence-electron chi connectivity index (χ2n) is 5.97. The van der Waals surface area contributed by atoms with Crippen molar-refractivity contribution in [2.24, 2.45) is 0 Å². The van der Waals surface area contributed by atoms with Gasteiger partial charge in [-0.15, -0.1) is 0 Å². The van der Waals surface area contributed by atoms with Crippen LogP contribution in [0.1, 0.15) is 24.2 Å². The van der Waals surface area contributed by atoms with E-state index in [-0.39, 0.29) is 0 Å². The van der Waals surface area contributed by atoms with Crippen LogP contribution in [0.3, 0.4) is 0 Å². The molecule has 0 spiro atoms. The fourth-order valence-corrected chi connectivity index (χ4v) is 3.00. The van der Waals surface area contributed by atoms with Crippen molar-refractivity contribution in [1.29, 1.82) is 0 Å². The Balaban J connectivity index is 1.66. The minimum atomic E-state index is 0.826. The third-order valence-corrected chi connectivity index (χ3v) is 4.13. The van der Waals surface area contributed by atoms with Crippen LogP contribution in [0.4, 0.5) is 0 Å². The van der Waals surface area contributed by atoms with E-state index in [0.29, 0.717) is 0 Å². The molecule has 0 aliphatic carbocycles. The lowest BCUT2D eigenvalue weighted by molar-refractivity contribution is -0.689. The Morgan fingerprint density at radius 3 is 1.91 bits per heavy atom. The molecule has 3 aromatic rings. The van der Waals surface area contributed by atoms with Crippen LogP contribution in [0.25, 0.3) is 0 Å². The van der Waals surface area contributed by atoms with Crippen molar-refractivity contribution in [3.05, 3.63) is 67.0 Å². The highest BCUT2D eigenvalue weighted by molar-refractivity contribution is 5.09. The predicted octanol–water partition coefficient (Wildman–Crippen LogP) is 1.15. The molecule has 0 fully saturated rings. The molecule has 112 valence electrons. The molecule has 1 aliphatic heterocycles. The first-order valence-corrected chi connectivity index (χ1v) is 7.90. The summed E-state index contributed by atoms with van der Waals surface area (Å²) in [5, 5.41) is 0. The molecule has 3 aromatic heterocycles. The van der Waals surface area contributed by atoms with Crippen LogP contribution in [0.15, 0.2) is 55.6 Å². The topological polar surface area (TPSA) is 30.5 Å². The summed E-state index contributed by atoms with van der Waals surface area (Å²) in [6, 6.07) is 6.30. The molecule has 0 amide bonds. The van der Waals surface area contributed by atoms with Gasteiger partial charge in [0.2, 0.25) is 12.7 Å². The van der Waals surface area contributed by atoms with Crippen LogP contribution >= 0.6 is 0 Å². The summed E-state index contributed by atoms with van der Waals surface area (Å²) in [5.74, 6) is 0. The van der Waals surface area contributed by atoms with Crippen LogP contribution in [0, 0.1) is 0 Å². The summed E-state index contributed by atoms with van der Waals surface area (Å²) in [4.78, 5) is 4.79. The van der Waals surface area contributed by atoms with E-state index in [0.717, 1.165) is 37.6 Å². The third-order valence-electron chi connectivity index (χ3n) is 4.13. The van der Waals surface area contributed by atoms with Crippen molar-refractivity contribution in [2.75, 3.05) is 0 Å². The highest BCUT2D eigenvalue weighted by Gasteiger charge is 2.10. The molecule has 0 saturated heterocycles. The Morgan fingerprint density at radius 1 is 0.818 bits per heavy atom. The number of hydrogen-bond donors (Lipinski definition) is 0. The normalized spacial score (nSPS) is 15.1. The summed E-state index contributed by atoms with van der Waals surface area (Å²) in [5.41, 5.74) is 2.21. The van der Waals surface area contributed by atoms with E-state index < -0.39 is 0 Å². The fraction of sp³-hybridized carbons (Fsp3) is 0.353. The lowest BCUT2D eigenvalue weighted by Gasteiger charge is -2.01. The summed E-state index contributed by atoms with van der Waals surface area (Å²) in [7, 11) is 0. The molecule has 6 bridgehead atoms. The number of aryl methyl sites for hydroxylation is 2. The van der Waals surface area contributed by atoms with Crippen molar-refractivity contribution in [3.63, 3.8) is 0 Å². The number of nitrogens with zero attached hydrogens (tertiary/aromatic N) is 5. The molecular formula is C17H21N5+2.